The molecule has 3 aromatic rings. The maximum Gasteiger partial charge on any atom is 0.434 e. The minimum Gasteiger partial charge on any atom is -0.267 e. The van der Waals surface area contributed by atoms with Crippen LogP contribution in [-0.2, 0) is 6.18 Å². The third-order valence-electron chi connectivity index (χ3n) is 3.59. The van der Waals surface area contributed by atoms with Crippen molar-refractivity contribution in [3.63, 3.8) is 0 Å². The van der Waals surface area contributed by atoms with Crippen LogP contribution >= 0.6 is 0 Å². The number of alkyl halides is 3. The van der Waals surface area contributed by atoms with Crippen molar-refractivity contribution in [1.29, 1.82) is 0 Å². The fraction of sp³-hybridized carbons (Fsp3) is 0.0588. The zero-order valence-electron chi connectivity index (χ0n) is 13.8. The van der Waals surface area contributed by atoms with E-state index >= 15 is 0 Å². The first-order valence-corrected chi connectivity index (χ1v) is 7.66. The van der Waals surface area contributed by atoms with Gasteiger partial charge in [0.05, 0.1) is 16.7 Å². The average Bonchev–Trinajstić information content (AvgIpc) is 2.66. The molecular weight excluding hydrogens is 379 g/mol. The van der Waals surface area contributed by atoms with Crippen LogP contribution in [0.1, 0.15) is 21.6 Å². The van der Waals surface area contributed by atoms with E-state index in [1.165, 1.54) is 42.6 Å². The largest absolute Gasteiger partial charge is 0.434 e. The number of benzene rings is 1. The second-order valence-corrected chi connectivity index (χ2v) is 5.48. The predicted octanol–water partition coefficient (Wildman–Crippen LogP) is 3.32. The fourth-order valence-corrected chi connectivity index (χ4v) is 2.30. The van der Waals surface area contributed by atoms with E-state index in [2.05, 4.69) is 15.1 Å². The highest BCUT2D eigenvalue weighted by Crippen LogP contribution is 2.32. The molecule has 142 valence electrons. The Morgan fingerprint density at radius 2 is 1.93 bits per heavy atom. The summed E-state index contributed by atoms with van der Waals surface area (Å²) in [5, 5.41) is 14.4. The number of amides is 1. The topological polar surface area (TPSA) is 110 Å². The highest BCUT2D eigenvalue weighted by Gasteiger charge is 2.37. The Bertz CT molecular complexity index is 1080. The first-order valence-electron chi connectivity index (χ1n) is 7.66. The molecule has 0 bridgehead atoms. The van der Waals surface area contributed by atoms with Gasteiger partial charge in [-0.15, -0.1) is 0 Å². The zero-order chi connectivity index (χ0) is 20.3. The van der Waals surface area contributed by atoms with Crippen LogP contribution in [0, 0.1) is 10.1 Å². The Kier molecular flexibility index (Phi) is 4.98. The van der Waals surface area contributed by atoms with Gasteiger partial charge in [-0.05, 0) is 35.9 Å². The standard InChI is InChI=1S/C17H10F3N5O3/c18-17(19,20)14-13(8-11-2-1-7-21-15(11)23-14)16(26)24-22-9-10-3-5-12(6-4-10)25(27)28/h1-9H,(H,24,26)/b22-9+. The molecule has 2 aromatic heterocycles. The van der Waals surface area contributed by atoms with Crippen molar-refractivity contribution in [2.24, 2.45) is 5.10 Å². The number of carbonyl (C=O) groups is 1. The van der Waals surface area contributed by atoms with Crippen molar-refractivity contribution < 1.29 is 22.9 Å². The molecule has 11 heteroatoms. The number of pyridine rings is 2. The van der Waals surface area contributed by atoms with Crippen LogP contribution < -0.4 is 5.43 Å². The Morgan fingerprint density at radius 1 is 1.21 bits per heavy atom. The Morgan fingerprint density at radius 3 is 2.57 bits per heavy atom. The second-order valence-electron chi connectivity index (χ2n) is 5.48. The monoisotopic (exact) mass is 389 g/mol. The first kappa shape index (κ1) is 18.9. The molecular formula is C17H10F3N5O3. The molecule has 0 aliphatic carbocycles. The summed E-state index contributed by atoms with van der Waals surface area (Å²) in [6, 6.07) is 9.22. The maximum absolute atomic E-state index is 13.3. The Hall–Kier alpha value is -3.89. The number of fused-ring (bicyclic) bond motifs is 1. The third-order valence-corrected chi connectivity index (χ3v) is 3.59. The summed E-state index contributed by atoms with van der Waals surface area (Å²) in [7, 11) is 0. The molecule has 0 spiro atoms. The van der Waals surface area contributed by atoms with Crippen molar-refractivity contribution in [2.75, 3.05) is 0 Å². The molecule has 28 heavy (non-hydrogen) atoms. The molecule has 1 aromatic carbocycles. The van der Waals surface area contributed by atoms with Gasteiger partial charge in [-0.3, -0.25) is 14.9 Å². The van der Waals surface area contributed by atoms with Crippen molar-refractivity contribution in [3.05, 3.63) is 75.6 Å². The van der Waals surface area contributed by atoms with Gasteiger partial charge in [0.25, 0.3) is 11.6 Å². The lowest BCUT2D eigenvalue weighted by Crippen LogP contribution is -2.23. The summed E-state index contributed by atoms with van der Waals surface area (Å²) in [5.74, 6) is -1.11. The number of hydrazone groups is 1. The zero-order valence-corrected chi connectivity index (χ0v) is 13.8. The van der Waals surface area contributed by atoms with E-state index in [1.54, 1.807) is 0 Å². The minimum atomic E-state index is -4.86. The van der Waals surface area contributed by atoms with Gasteiger partial charge in [-0.1, -0.05) is 0 Å². The van der Waals surface area contributed by atoms with Gasteiger partial charge in [0, 0.05) is 23.7 Å². The van der Waals surface area contributed by atoms with Gasteiger partial charge < -0.3 is 0 Å². The quantitative estimate of drug-likeness (QED) is 0.418. The second kappa shape index (κ2) is 7.39. The van der Waals surface area contributed by atoms with E-state index in [9.17, 15) is 28.1 Å². The van der Waals surface area contributed by atoms with Crippen molar-refractivity contribution >= 4 is 28.8 Å². The van der Waals surface area contributed by atoms with E-state index in [4.69, 9.17) is 0 Å². The molecule has 0 aliphatic heterocycles. The number of non-ortho nitro benzene ring substituents is 1. The Balaban J connectivity index is 1.85. The smallest absolute Gasteiger partial charge is 0.267 e. The summed E-state index contributed by atoms with van der Waals surface area (Å²) < 4.78 is 39.8. The van der Waals surface area contributed by atoms with Crippen LogP contribution in [-0.4, -0.2) is 27.0 Å². The van der Waals surface area contributed by atoms with Gasteiger partial charge in [0.2, 0.25) is 0 Å². The number of carbonyl (C=O) groups excluding carboxylic acids is 1. The molecule has 0 saturated carbocycles. The molecule has 2 heterocycles. The van der Waals surface area contributed by atoms with Gasteiger partial charge in [-0.25, -0.2) is 15.4 Å². The molecule has 0 unspecified atom stereocenters. The highest BCUT2D eigenvalue weighted by atomic mass is 19.4. The van der Waals surface area contributed by atoms with E-state index in [0.717, 1.165) is 12.3 Å². The van der Waals surface area contributed by atoms with E-state index in [-0.39, 0.29) is 16.7 Å². The van der Waals surface area contributed by atoms with Gasteiger partial charge in [0.1, 0.15) is 0 Å². The van der Waals surface area contributed by atoms with Crippen LogP contribution in [0.2, 0.25) is 0 Å². The number of nitro benzene ring substituents is 1. The number of nitrogens with zero attached hydrogens (tertiary/aromatic N) is 4. The van der Waals surface area contributed by atoms with Crippen LogP contribution in [0.15, 0.2) is 53.8 Å². The first-order chi connectivity index (χ1) is 13.3. The van der Waals surface area contributed by atoms with E-state index < -0.39 is 28.3 Å². The van der Waals surface area contributed by atoms with Gasteiger partial charge in [0.15, 0.2) is 11.3 Å². The number of hydrogen-bond donors (Lipinski definition) is 1. The number of hydrogen-bond acceptors (Lipinski definition) is 6. The molecule has 1 amide bonds. The number of halogens is 3. The summed E-state index contributed by atoms with van der Waals surface area (Å²) in [4.78, 5) is 29.4. The molecule has 0 aliphatic rings. The lowest BCUT2D eigenvalue weighted by atomic mass is 10.1. The van der Waals surface area contributed by atoms with Crippen LogP contribution in [0.5, 0.6) is 0 Å². The van der Waals surface area contributed by atoms with Crippen molar-refractivity contribution in [3.8, 4) is 0 Å². The Labute approximate surface area is 154 Å². The average molecular weight is 389 g/mol. The van der Waals surface area contributed by atoms with E-state index in [1.807, 2.05) is 5.43 Å². The number of nitrogens with one attached hydrogen (secondary N) is 1. The van der Waals surface area contributed by atoms with Gasteiger partial charge >= 0.3 is 6.18 Å². The lowest BCUT2D eigenvalue weighted by molar-refractivity contribution is -0.384. The number of rotatable bonds is 4. The van der Waals surface area contributed by atoms with Crippen molar-refractivity contribution in [1.82, 2.24) is 15.4 Å². The van der Waals surface area contributed by atoms with Gasteiger partial charge in [-0.2, -0.15) is 18.3 Å². The third kappa shape index (κ3) is 4.09. The molecule has 0 saturated heterocycles. The minimum absolute atomic E-state index is 0.133. The summed E-state index contributed by atoms with van der Waals surface area (Å²) >= 11 is 0. The molecule has 0 atom stereocenters. The summed E-state index contributed by atoms with van der Waals surface area (Å²) in [6.07, 6.45) is -2.42. The van der Waals surface area contributed by atoms with Crippen molar-refractivity contribution in [2.45, 2.75) is 6.18 Å². The normalized spacial score (nSPS) is 11.7. The molecule has 0 fully saturated rings. The van der Waals surface area contributed by atoms with E-state index in [0.29, 0.717) is 5.56 Å². The van der Waals surface area contributed by atoms with Crippen LogP contribution in [0.3, 0.4) is 0 Å². The number of aromatic nitrogens is 2. The molecule has 0 radical (unpaired) electrons. The lowest BCUT2D eigenvalue weighted by Gasteiger charge is -2.11. The SMILES string of the molecule is O=C(N/N=C/c1ccc([N+](=O)[O-])cc1)c1cc2cccnc2nc1C(F)(F)F. The fourth-order valence-electron chi connectivity index (χ4n) is 2.30. The summed E-state index contributed by atoms with van der Waals surface area (Å²) in [5.41, 5.74) is 0.0593. The van der Waals surface area contributed by atoms with Crippen LogP contribution in [0.25, 0.3) is 11.0 Å². The molecule has 1 N–H and O–H groups in total. The van der Waals surface area contributed by atoms with Crippen LogP contribution in [0.4, 0.5) is 18.9 Å². The predicted molar refractivity (Wildman–Crippen MR) is 92.7 cm³/mol. The molecule has 3 rings (SSSR count). The maximum atomic E-state index is 13.3. The number of nitro groups is 1. The molecule has 8 nitrogen and oxygen atoms in total. The highest BCUT2D eigenvalue weighted by molar-refractivity contribution is 5.98. The summed E-state index contributed by atoms with van der Waals surface area (Å²) in [6.45, 7) is 0.